The molecule has 1 aromatic heterocycles. The summed E-state index contributed by atoms with van der Waals surface area (Å²) in [5.74, 6) is -3.70. The van der Waals surface area contributed by atoms with Gasteiger partial charge >= 0.3 is 5.63 Å². The van der Waals surface area contributed by atoms with Crippen LogP contribution in [0.1, 0.15) is 18.4 Å². The van der Waals surface area contributed by atoms with Gasteiger partial charge in [-0.1, -0.05) is 0 Å². The Labute approximate surface area is 163 Å². The maximum Gasteiger partial charge on any atom is 0.341 e. The van der Waals surface area contributed by atoms with Gasteiger partial charge in [0.15, 0.2) is 17.4 Å². The van der Waals surface area contributed by atoms with Gasteiger partial charge in [0.1, 0.15) is 30.0 Å². The fourth-order valence-corrected chi connectivity index (χ4v) is 3.80. The number of hydrogen-bond donors (Lipinski definition) is 3. The molecule has 0 bridgehead atoms. The SMILES string of the molecule is O=c1oc2ccc(F)c(F)c2cc1CO[C@H]1[C@@H](O)[C@@H](CO)O[C@@]2(CCCO2)[C@@H]1O. The predicted molar refractivity (Wildman–Crippen MR) is 92.9 cm³/mol. The molecule has 2 aliphatic rings. The molecule has 0 unspecified atom stereocenters. The zero-order valence-corrected chi connectivity index (χ0v) is 15.2. The minimum absolute atomic E-state index is 0.123. The van der Waals surface area contributed by atoms with Crippen LogP contribution in [-0.4, -0.2) is 58.7 Å². The monoisotopic (exact) mass is 414 g/mol. The van der Waals surface area contributed by atoms with Gasteiger partial charge in [0.2, 0.25) is 0 Å². The first kappa shape index (κ1) is 20.3. The Kier molecular flexibility index (Phi) is 5.40. The molecule has 0 aliphatic carbocycles. The Morgan fingerprint density at radius 2 is 2.07 bits per heavy atom. The van der Waals surface area contributed by atoms with Crippen molar-refractivity contribution >= 4 is 11.0 Å². The number of halogens is 2. The number of rotatable bonds is 4. The van der Waals surface area contributed by atoms with Crippen LogP contribution in [0.4, 0.5) is 8.78 Å². The maximum atomic E-state index is 14.0. The van der Waals surface area contributed by atoms with E-state index in [9.17, 15) is 28.9 Å². The first-order chi connectivity index (χ1) is 13.9. The summed E-state index contributed by atoms with van der Waals surface area (Å²) in [4.78, 5) is 12.2. The number of hydrogen-bond acceptors (Lipinski definition) is 8. The largest absolute Gasteiger partial charge is 0.422 e. The van der Waals surface area contributed by atoms with E-state index in [-0.39, 0.29) is 16.5 Å². The number of ether oxygens (including phenoxy) is 3. The zero-order valence-electron chi connectivity index (χ0n) is 15.2. The molecule has 29 heavy (non-hydrogen) atoms. The molecule has 2 aromatic rings. The van der Waals surface area contributed by atoms with Gasteiger partial charge in [0, 0.05) is 6.42 Å². The van der Waals surface area contributed by atoms with Crippen molar-refractivity contribution in [1.29, 1.82) is 0 Å². The van der Waals surface area contributed by atoms with Crippen molar-refractivity contribution in [2.24, 2.45) is 0 Å². The topological polar surface area (TPSA) is 119 Å². The van der Waals surface area contributed by atoms with Crippen LogP contribution in [0, 0.1) is 11.6 Å². The van der Waals surface area contributed by atoms with Crippen molar-refractivity contribution in [2.45, 2.75) is 49.7 Å². The molecule has 4 rings (SSSR count). The second-order valence-corrected chi connectivity index (χ2v) is 7.15. The van der Waals surface area contributed by atoms with E-state index in [2.05, 4.69) is 0 Å². The molecule has 158 valence electrons. The highest BCUT2D eigenvalue weighted by Crippen LogP contribution is 2.39. The van der Waals surface area contributed by atoms with Crippen molar-refractivity contribution in [3.8, 4) is 0 Å². The lowest BCUT2D eigenvalue weighted by Crippen LogP contribution is -2.65. The summed E-state index contributed by atoms with van der Waals surface area (Å²) in [5.41, 5.74) is -1.08. The molecule has 0 radical (unpaired) electrons. The second-order valence-electron chi connectivity index (χ2n) is 7.15. The quantitative estimate of drug-likeness (QED) is 0.622. The van der Waals surface area contributed by atoms with Crippen LogP contribution in [0.15, 0.2) is 27.4 Å². The van der Waals surface area contributed by atoms with E-state index >= 15 is 0 Å². The molecule has 3 heterocycles. The summed E-state index contributed by atoms with van der Waals surface area (Å²) in [6.45, 7) is -0.667. The third-order valence-corrected chi connectivity index (χ3v) is 5.33. The summed E-state index contributed by atoms with van der Waals surface area (Å²) in [6, 6.07) is 3.09. The van der Waals surface area contributed by atoms with Gasteiger partial charge in [0.25, 0.3) is 0 Å². The number of aliphatic hydroxyl groups is 3. The van der Waals surface area contributed by atoms with Crippen LogP contribution in [0.25, 0.3) is 11.0 Å². The van der Waals surface area contributed by atoms with Gasteiger partial charge in [-0.2, -0.15) is 0 Å². The summed E-state index contributed by atoms with van der Waals surface area (Å²) < 4.78 is 49.1. The molecule has 5 atom stereocenters. The van der Waals surface area contributed by atoms with Gasteiger partial charge in [0.05, 0.1) is 30.8 Å². The molecule has 2 aliphatic heterocycles. The highest BCUT2D eigenvalue weighted by molar-refractivity contribution is 5.77. The third kappa shape index (κ3) is 3.45. The fraction of sp³-hybridized carbons (Fsp3) is 0.526. The standard InChI is InChI=1S/C19H20F2O8/c20-11-2-3-12-10(14(11)21)6-9(18(25)28-12)8-26-16-15(23)13(7-22)29-19(17(16)24)4-1-5-27-19/h2-3,6,13,15-17,22-24H,1,4-5,7-8H2/t13-,15+,16+,17-,19+/m1/s1. The molecule has 2 saturated heterocycles. The van der Waals surface area contributed by atoms with Crippen molar-refractivity contribution < 1.29 is 42.7 Å². The summed E-state index contributed by atoms with van der Waals surface area (Å²) in [7, 11) is 0. The average molecular weight is 414 g/mol. The molecule has 0 amide bonds. The van der Waals surface area contributed by atoms with E-state index in [1.54, 1.807) is 0 Å². The molecule has 3 N–H and O–H groups in total. The Hall–Kier alpha value is -1.95. The second kappa shape index (κ2) is 7.71. The minimum atomic E-state index is -1.43. The first-order valence-electron chi connectivity index (χ1n) is 9.17. The minimum Gasteiger partial charge on any atom is -0.422 e. The Morgan fingerprint density at radius 1 is 1.28 bits per heavy atom. The van der Waals surface area contributed by atoms with E-state index in [1.807, 2.05) is 0 Å². The molecular formula is C19H20F2O8. The maximum absolute atomic E-state index is 14.0. The van der Waals surface area contributed by atoms with Crippen molar-refractivity contribution in [3.05, 3.63) is 45.8 Å². The third-order valence-electron chi connectivity index (χ3n) is 5.33. The summed E-state index contributed by atoms with van der Waals surface area (Å²) >= 11 is 0. The Balaban J connectivity index is 1.61. The van der Waals surface area contributed by atoms with Crippen molar-refractivity contribution in [1.82, 2.24) is 0 Å². The Bertz CT molecular complexity index is 955. The van der Waals surface area contributed by atoms with Crippen LogP contribution < -0.4 is 5.63 Å². The van der Waals surface area contributed by atoms with Gasteiger partial charge in [-0.3, -0.25) is 0 Å². The predicted octanol–water partition coefficient (Wildman–Crippen LogP) is 0.576. The van der Waals surface area contributed by atoms with Crippen LogP contribution in [-0.2, 0) is 20.8 Å². The zero-order chi connectivity index (χ0) is 20.8. The van der Waals surface area contributed by atoms with Gasteiger partial charge in [-0.15, -0.1) is 0 Å². The molecule has 10 heteroatoms. The van der Waals surface area contributed by atoms with E-state index in [0.29, 0.717) is 19.4 Å². The molecular weight excluding hydrogens is 394 g/mol. The van der Waals surface area contributed by atoms with E-state index in [1.165, 1.54) is 0 Å². The highest BCUT2D eigenvalue weighted by Gasteiger charge is 2.56. The molecule has 1 spiro atoms. The molecule has 0 saturated carbocycles. The lowest BCUT2D eigenvalue weighted by atomic mass is 9.90. The fourth-order valence-electron chi connectivity index (χ4n) is 3.80. The van der Waals surface area contributed by atoms with Crippen LogP contribution >= 0.6 is 0 Å². The van der Waals surface area contributed by atoms with Gasteiger partial charge in [-0.25, -0.2) is 13.6 Å². The van der Waals surface area contributed by atoms with Crippen molar-refractivity contribution in [2.75, 3.05) is 13.2 Å². The van der Waals surface area contributed by atoms with Crippen LogP contribution in [0.3, 0.4) is 0 Å². The summed E-state index contributed by atoms with van der Waals surface area (Å²) in [6.07, 6.45) is -4.19. The first-order valence-corrected chi connectivity index (χ1v) is 9.17. The van der Waals surface area contributed by atoms with E-state index in [0.717, 1.165) is 18.2 Å². The highest BCUT2D eigenvalue weighted by atomic mass is 19.2. The number of aliphatic hydroxyl groups excluding tert-OH is 3. The summed E-state index contributed by atoms with van der Waals surface area (Å²) in [5, 5.41) is 30.3. The molecule has 8 nitrogen and oxygen atoms in total. The average Bonchev–Trinajstić information content (AvgIpc) is 3.18. The van der Waals surface area contributed by atoms with Gasteiger partial charge in [-0.05, 0) is 24.6 Å². The van der Waals surface area contributed by atoms with E-state index in [4.69, 9.17) is 18.6 Å². The normalized spacial score (nSPS) is 32.3. The smallest absolute Gasteiger partial charge is 0.341 e. The Morgan fingerprint density at radius 3 is 2.76 bits per heavy atom. The lowest BCUT2D eigenvalue weighted by molar-refractivity contribution is -0.355. The number of benzene rings is 1. The van der Waals surface area contributed by atoms with Crippen LogP contribution in [0.2, 0.25) is 0 Å². The number of fused-ring (bicyclic) bond motifs is 1. The van der Waals surface area contributed by atoms with Gasteiger partial charge < -0.3 is 33.9 Å². The molecule has 1 aromatic carbocycles. The van der Waals surface area contributed by atoms with E-state index < -0.39 is 60.7 Å². The lowest BCUT2D eigenvalue weighted by Gasteiger charge is -2.47. The van der Waals surface area contributed by atoms with Crippen molar-refractivity contribution in [3.63, 3.8) is 0 Å². The van der Waals surface area contributed by atoms with Crippen LogP contribution in [0.5, 0.6) is 0 Å². The molecule has 2 fully saturated rings.